The second-order valence-electron chi connectivity index (χ2n) is 3.89. The average molecular weight is 258 g/mol. The van der Waals surface area contributed by atoms with E-state index < -0.39 is 5.97 Å². The van der Waals surface area contributed by atoms with Crippen molar-refractivity contribution in [1.29, 1.82) is 0 Å². The van der Waals surface area contributed by atoms with Crippen molar-refractivity contribution < 1.29 is 14.6 Å². The Labute approximate surface area is 106 Å². The van der Waals surface area contributed by atoms with E-state index in [1.54, 1.807) is 24.1 Å². The van der Waals surface area contributed by atoms with Crippen molar-refractivity contribution in [3.05, 3.63) is 28.8 Å². The fourth-order valence-electron chi connectivity index (χ4n) is 1.34. The third kappa shape index (κ3) is 5.06. The van der Waals surface area contributed by atoms with E-state index in [0.717, 1.165) is 11.3 Å². The molecule has 0 saturated heterocycles. The second-order valence-corrected chi connectivity index (χ2v) is 4.30. The summed E-state index contributed by atoms with van der Waals surface area (Å²) < 4.78 is 5.50. The maximum absolute atomic E-state index is 10.4. The zero-order valence-corrected chi connectivity index (χ0v) is 10.7. The quantitative estimate of drug-likeness (QED) is 0.847. The van der Waals surface area contributed by atoms with E-state index in [9.17, 15) is 4.79 Å². The normalized spacial score (nSPS) is 10.6. The molecule has 0 bridgehead atoms. The Morgan fingerprint density at radius 1 is 1.53 bits per heavy atom. The summed E-state index contributed by atoms with van der Waals surface area (Å²) in [7, 11) is 1.74. The van der Waals surface area contributed by atoms with Gasteiger partial charge in [0.1, 0.15) is 12.4 Å². The molecule has 0 spiro atoms. The molecule has 0 saturated carbocycles. The minimum Gasteiger partial charge on any atom is -0.492 e. The van der Waals surface area contributed by atoms with Gasteiger partial charge in [-0.25, -0.2) is 0 Å². The van der Waals surface area contributed by atoms with E-state index in [1.165, 1.54) is 0 Å². The van der Waals surface area contributed by atoms with E-state index in [4.69, 9.17) is 21.4 Å². The van der Waals surface area contributed by atoms with Gasteiger partial charge in [0.05, 0.1) is 6.54 Å². The minimum absolute atomic E-state index is 0.0169. The van der Waals surface area contributed by atoms with Crippen molar-refractivity contribution in [3.8, 4) is 5.75 Å². The number of aliphatic carboxylic acids is 1. The zero-order chi connectivity index (χ0) is 12.8. The van der Waals surface area contributed by atoms with Crippen molar-refractivity contribution >= 4 is 17.6 Å². The summed E-state index contributed by atoms with van der Waals surface area (Å²) in [5, 5.41) is 9.28. The molecule has 0 atom stereocenters. The van der Waals surface area contributed by atoms with Gasteiger partial charge in [-0.05, 0) is 37.7 Å². The molecule has 4 nitrogen and oxygen atoms in total. The van der Waals surface area contributed by atoms with Gasteiger partial charge in [0, 0.05) is 11.6 Å². The third-order valence-corrected chi connectivity index (χ3v) is 2.70. The Kier molecular flexibility index (Phi) is 5.25. The molecular formula is C12H16ClNO3. The molecule has 1 aromatic carbocycles. The molecule has 0 radical (unpaired) electrons. The highest BCUT2D eigenvalue weighted by molar-refractivity contribution is 6.31. The molecule has 0 amide bonds. The number of halogens is 1. The topological polar surface area (TPSA) is 49.8 Å². The van der Waals surface area contributed by atoms with Crippen molar-refractivity contribution in [3.63, 3.8) is 0 Å². The maximum atomic E-state index is 10.4. The number of carbonyl (C=O) groups is 1. The van der Waals surface area contributed by atoms with Crippen molar-refractivity contribution in [1.82, 2.24) is 4.90 Å². The minimum atomic E-state index is -0.838. The second kappa shape index (κ2) is 6.47. The van der Waals surface area contributed by atoms with Gasteiger partial charge in [0.15, 0.2) is 0 Å². The van der Waals surface area contributed by atoms with E-state index in [2.05, 4.69) is 0 Å². The van der Waals surface area contributed by atoms with E-state index >= 15 is 0 Å². The molecule has 1 N–H and O–H groups in total. The van der Waals surface area contributed by atoms with Gasteiger partial charge in [0.2, 0.25) is 0 Å². The lowest BCUT2D eigenvalue weighted by atomic mass is 10.2. The number of carboxylic acids is 1. The molecule has 1 aromatic rings. The van der Waals surface area contributed by atoms with E-state index in [0.29, 0.717) is 18.2 Å². The number of likely N-dealkylation sites (N-methyl/N-ethyl adjacent to an activating group) is 1. The van der Waals surface area contributed by atoms with Crippen LogP contribution in [-0.4, -0.2) is 42.7 Å². The van der Waals surface area contributed by atoms with E-state index in [-0.39, 0.29) is 6.54 Å². The van der Waals surface area contributed by atoms with Crippen LogP contribution >= 0.6 is 11.6 Å². The van der Waals surface area contributed by atoms with Crippen LogP contribution < -0.4 is 4.74 Å². The summed E-state index contributed by atoms with van der Waals surface area (Å²) >= 11 is 5.89. The zero-order valence-electron chi connectivity index (χ0n) is 9.94. The molecular weight excluding hydrogens is 242 g/mol. The average Bonchev–Trinajstić information content (AvgIpc) is 2.22. The summed E-state index contributed by atoms with van der Waals surface area (Å²) in [5.74, 6) is -0.0922. The van der Waals surface area contributed by atoms with Crippen LogP contribution in [0.3, 0.4) is 0 Å². The number of rotatable bonds is 6. The summed E-state index contributed by atoms with van der Waals surface area (Å²) in [5.41, 5.74) is 0.961. The first-order chi connectivity index (χ1) is 7.99. The predicted molar refractivity (Wildman–Crippen MR) is 66.8 cm³/mol. The first-order valence-corrected chi connectivity index (χ1v) is 5.66. The lowest BCUT2D eigenvalue weighted by Crippen LogP contribution is -2.29. The maximum Gasteiger partial charge on any atom is 0.317 e. The van der Waals surface area contributed by atoms with E-state index in [1.807, 2.05) is 13.0 Å². The Bertz CT molecular complexity index is 395. The smallest absolute Gasteiger partial charge is 0.317 e. The van der Waals surface area contributed by atoms with Gasteiger partial charge >= 0.3 is 5.97 Å². The fourth-order valence-corrected chi connectivity index (χ4v) is 1.45. The van der Waals surface area contributed by atoms with Gasteiger partial charge in [-0.15, -0.1) is 0 Å². The molecule has 0 unspecified atom stereocenters. The molecule has 0 aliphatic rings. The standard InChI is InChI=1S/C12H16ClNO3/c1-9-7-10(3-4-11(9)13)17-6-5-14(2)8-12(15)16/h3-4,7H,5-6,8H2,1-2H3,(H,15,16). The van der Waals surface area contributed by atoms with Crippen LogP contribution in [0.5, 0.6) is 5.75 Å². The summed E-state index contributed by atoms with van der Waals surface area (Å²) in [6.07, 6.45) is 0. The molecule has 0 aromatic heterocycles. The van der Waals surface area contributed by atoms with Crippen LogP contribution in [0.2, 0.25) is 5.02 Å². The van der Waals surface area contributed by atoms with Crippen LogP contribution in [0, 0.1) is 6.92 Å². The van der Waals surface area contributed by atoms with Crippen LogP contribution in [0.1, 0.15) is 5.56 Å². The van der Waals surface area contributed by atoms with Crippen molar-refractivity contribution in [2.75, 3.05) is 26.7 Å². The number of ether oxygens (including phenoxy) is 1. The van der Waals surface area contributed by atoms with Crippen molar-refractivity contribution in [2.45, 2.75) is 6.92 Å². The highest BCUT2D eigenvalue weighted by atomic mass is 35.5. The van der Waals surface area contributed by atoms with Crippen LogP contribution in [0.25, 0.3) is 0 Å². The van der Waals surface area contributed by atoms with Gasteiger partial charge in [-0.3, -0.25) is 9.69 Å². The lowest BCUT2D eigenvalue weighted by molar-refractivity contribution is -0.138. The van der Waals surface area contributed by atoms with Crippen LogP contribution in [0.15, 0.2) is 18.2 Å². The first-order valence-electron chi connectivity index (χ1n) is 5.28. The Hall–Kier alpha value is -1.26. The molecule has 0 aliphatic carbocycles. The van der Waals surface area contributed by atoms with Crippen LogP contribution in [-0.2, 0) is 4.79 Å². The lowest BCUT2D eigenvalue weighted by Gasteiger charge is -2.14. The molecule has 5 heteroatoms. The number of carboxylic acid groups (broad SMARTS) is 1. The van der Waals surface area contributed by atoms with Gasteiger partial charge in [-0.1, -0.05) is 11.6 Å². The fraction of sp³-hybridized carbons (Fsp3) is 0.417. The highest BCUT2D eigenvalue weighted by Crippen LogP contribution is 2.20. The molecule has 17 heavy (non-hydrogen) atoms. The summed E-state index contributed by atoms with van der Waals surface area (Å²) in [4.78, 5) is 12.1. The highest BCUT2D eigenvalue weighted by Gasteiger charge is 2.04. The molecule has 0 heterocycles. The first kappa shape index (κ1) is 13.8. The van der Waals surface area contributed by atoms with Gasteiger partial charge in [-0.2, -0.15) is 0 Å². The molecule has 0 aliphatic heterocycles. The largest absolute Gasteiger partial charge is 0.492 e. The van der Waals surface area contributed by atoms with Crippen molar-refractivity contribution in [2.24, 2.45) is 0 Å². The summed E-state index contributed by atoms with van der Waals surface area (Å²) in [6, 6.07) is 5.44. The van der Waals surface area contributed by atoms with Gasteiger partial charge < -0.3 is 9.84 Å². The molecule has 1 rings (SSSR count). The number of hydrogen-bond donors (Lipinski definition) is 1. The number of aryl methyl sites for hydroxylation is 1. The predicted octanol–water partition coefficient (Wildman–Crippen LogP) is 2.04. The number of benzene rings is 1. The SMILES string of the molecule is Cc1cc(OCCN(C)CC(=O)O)ccc1Cl. The monoisotopic (exact) mass is 257 g/mol. The summed E-state index contributed by atoms with van der Waals surface area (Å²) in [6.45, 7) is 2.94. The third-order valence-electron chi connectivity index (χ3n) is 2.28. The molecule has 0 fully saturated rings. The van der Waals surface area contributed by atoms with Gasteiger partial charge in [0.25, 0.3) is 0 Å². The Morgan fingerprint density at radius 2 is 2.24 bits per heavy atom. The number of nitrogens with zero attached hydrogens (tertiary/aromatic N) is 1. The molecule has 94 valence electrons. The Balaban J connectivity index is 2.35. The van der Waals surface area contributed by atoms with Crippen LogP contribution in [0.4, 0.5) is 0 Å². The number of hydrogen-bond acceptors (Lipinski definition) is 3. The Morgan fingerprint density at radius 3 is 2.82 bits per heavy atom.